The van der Waals surface area contributed by atoms with Gasteiger partial charge in [0.1, 0.15) is 0 Å². The van der Waals surface area contributed by atoms with E-state index in [1.165, 1.54) is 18.2 Å². The largest absolute Gasteiger partial charge is 0.416 e. The fraction of sp³-hybridized carbons (Fsp3) is 0.263. The molecule has 0 saturated carbocycles. The second-order valence-electron chi connectivity index (χ2n) is 6.41. The van der Waals surface area contributed by atoms with Crippen LogP contribution < -0.4 is 21.7 Å². The van der Waals surface area contributed by atoms with Gasteiger partial charge in [-0.05, 0) is 55.8 Å². The van der Waals surface area contributed by atoms with Gasteiger partial charge in [-0.2, -0.15) is 13.2 Å². The Morgan fingerprint density at radius 1 is 1.04 bits per heavy atom. The molecule has 5 N–H and O–H groups in total. The minimum Gasteiger partial charge on any atom is -0.336 e. The zero-order chi connectivity index (χ0) is 20.9. The first kappa shape index (κ1) is 21.2. The van der Waals surface area contributed by atoms with E-state index < -0.39 is 23.7 Å². The van der Waals surface area contributed by atoms with Gasteiger partial charge in [0.2, 0.25) is 0 Å². The van der Waals surface area contributed by atoms with Crippen LogP contribution >= 0.6 is 0 Å². The van der Waals surface area contributed by atoms with Gasteiger partial charge in [0.25, 0.3) is 5.91 Å². The predicted molar refractivity (Wildman–Crippen MR) is 101 cm³/mol. The van der Waals surface area contributed by atoms with Crippen LogP contribution in [0.1, 0.15) is 35.3 Å². The van der Waals surface area contributed by atoms with Gasteiger partial charge in [-0.3, -0.25) is 4.79 Å². The summed E-state index contributed by atoms with van der Waals surface area (Å²) < 4.78 is 39.0. The highest BCUT2D eigenvalue weighted by Gasteiger charge is 2.31. The maximum Gasteiger partial charge on any atom is 0.416 e. The van der Waals surface area contributed by atoms with Crippen molar-refractivity contribution in [2.45, 2.75) is 32.6 Å². The summed E-state index contributed by atoms with van der Waals surface area (Å²) in [7, 11) is 0. The Labute approximate surface area is 160 Å². The van der Waals surface area contributed by atoms with Gasteiger partial charge in [-0.1, -0.05) is 6.07 Å². The van der Waals surface area contributed by atoms with Crippen molar-refractivity contribution < 1.29 is 22.8 Å². The summed E-state index contributed by atoms with van der Waals surface area (Å²) in [6.07, 6.45) is -4.56. The summed E-state index contributed by atoms with van der Waals surface area (Å²) in [6.45, 7) is 3.50. The molecule has 2 aromatic carbocycles. The van der Waals surface area contributed by atoms with E-state index in [-0.39, 0.29) is 29.4 Å². The van der Waals surface area contributed by atoms with Crippen molar-refractivity contribution in [1.82, 2.24) is 5.32 Å². The van der Waals surface area contributed by atoms with E-state index in [0.717, 1.165) is 12.1 Å². The van der Waals surface area contributed by atoms with Gasteiger partial charge >= 0.3 is 12.2 Å². The molecule has 150 valence electrons. The van der Waals surface area contributed by atoms with E-state index in [2.05, 4.69) is 16.0 Å². The Morgan fingerprint density at radius 3 is 2.36 bits per heavy atom. The van der Waals surface area contributed by atoms with Crippen molar-refractivity contribution in [3.05, 3.63) is 59.2 Å². The van der Waals surface area contributed by atoms with E-state index >= 15 is 0 Å². The second kappa shape index (κ2) is 8.75. The van der Waals surface area contributed by atoms with E-state index in [1.54, 1.807) is 26.0 Å². The molecule has 0 fully saturated rings. The summed E-state index contributed by atoms with van der Waals surface area (Å²) >= 11 is 0. The molecule has 0 aliphatic carbocycles. The Bertz CT molecular complexity index is 866. The van der Waals surface area contributed by atoms with Crippen LogP contribution in [0.3, 0.4) is 0 Å². The summed E-state index contributed by atoms with van der Waals surface area (Å²) in [5.41, 5.74) is 5.32. The third-order valence-electron chi connectivity index (χ3n) is 3.62. The SMILES string of the molecule is CC(C)NC(=O)Nc1cccc(C(=O)Nc2cc(CN)cc(C(F)(F)F)c2)c1. The van der Waals surface area contributed by atoms with Gasteiger partial charge < -0.3 is 21.7 Å². The number of carbonyl (C=O) groups is 2. The number of urea groups is 1. The number of nitrogens with one attached hydrogen (secondary N) is 3. The van der Waals surface area contributed by atoms with Crippen LogP contribution in [0.25, 0.3) is 0 Å². The molecule has 0 aromatic heterocycles. The van der Waals surface area contributed by atoms with Gasteiger partial charge in [0.15, 0.2) is 0 Å². The van der Waals surface area contributed by atoms with Crippen LogP contribution in [-0.2, 0) is 12.7 Å². The number of nitrogens with two attached hydrogens (primary N) is 1. The lowest BCUT2D eigenvalue weighted by Crippen LogP contribution is -2.34. The van der Waals surface area contributed by atoms with Gasteiger partial charge in [0.05, 0.1) is 5.56 Å². The molecule has 0 atom stereocenters. The lowest BCUT2D eigenvalue weighted by atomic mass is 10.1. The fourth-order valence-corrected chi connectivity index (χ4v) is 2.42. The van der Waals surface area contributed by atoms with Crippen LogP contribution in [-0.4, -0.2) is 18.0 Å². The predicted octanol–water partition coefficient (Wildman–Crippen LogP) is 3.95. The van der Waals surface area contributed by atoms with Crippen LogP contribution in [0.15, 0.2) is 42.5 Å². The molecule has 2 rings (SSSR count). The first-order valence-electron chi connectivity index (χ1n) is 8.48. The first-order valence-corrected chi connectivity index (χ1v) is 8.48. The molecule has 6 nitrogen and oxygen atoms in total. The second-order valence-corrected chi connectivity index (χ2v) is 6.41. The van der Waals surface area contributed by atoms with Crippen molar-refractivity contribution in [3.63, 3.8) is 0 Å². The Kier molecular flexibility index (Phi) is 6.63. The molecule has 3 amide bonds. The quantitative estimate of drug-likeness (QED) is 0.618. The Balaban J connectivity index is 2.19. The minimum atomic E-state index is -4.56. The highest BCUT2D eigenvalue weighted by atomic mass is 19.4. The fourth-order valence-electron chi connectivity index (χ4n) is 2.42. The number of rotatable bonds is 5. The summed E-state index contributed by atoms with van der Waals surface area (Å²) in [6, 6.07) is 8.71. The molecular weight excluding hydrogens is 373 g/mol. The molecule has 0 bridgehead atoms. The van der Waals surface area contributed by atoms with Crippen molar-refractivity contribution in [2.75, 3.05) is 10.6 Å². The molecule has 28 heavy (non-hydrogen) atoms. The highest BCUT2D eigenvalue weighted by molar-refractivity contribution is 6.05. The summed E-state index contributed by atoms with van der Waals surface area (Å²) in [5.74, 6) is -0.616. The lowest BCUT2D eigenvalue weighted by molar-refractivity contribution is -0.137. The molecule has 0 unspecified atom stereocenters. The molecule has 0 aliphatic heterocycles. The number of hydrogen-bond acceptors (Lipinski definition) is 3. The molecule has 0 radical (unpaired) electrons. The van der Waals surface area contributed by atoms with Crippen LogP contribution in [0.4, 0.5) is 29.3 Å². The number of amides is 3. The van der Waals surface area contributed by atoms with Crippen molar-refractivity contribution in [3.8, 4) is 0 Å². The number of halogens is 3. The van der Waals surface area contributed by atoms with Crippen LogP contribution in [0, 0.1) is 0 Å². The first-order chi connectivity index (χ1) is 13.1. The third kappa shape index (κ3) is 5.98. The number of alkyl halides is 3. The molecule has 2 aromatic rings. The van der Waals surface area contributed by atoms with E-state index in [4.69, 9.17) is 5.73 Å². The van der Waals surface area contributed by atoms with E-state index in [9.17, 15) is 22.8 Å². The minimum absolute atomic E-state index is 0.0174. The zero-order valence-electron chi connectivity index (χ0n) is 15.4. The molecule has 0 saturated heterocycles. The molecule has 0 spiro atoms. The van der Waals surface area contributed by atoms with E-state index in [1.807, 2.05) is 0 Å². The zero-order valence-corrected chi connectivity index (χ0v) is 15.4. The number of anilines is 2. The number of carbonyl (C=O) groups excluding carboxylic acids is 2. The third-order valence-corrected chi connectivity index (χ3v) is 3.62. The van der Waals surface area contributed by atoms with Crippen LogP contribution in [0.2, 0.25) is 0 Å². The Hall–Kier alpha value is -3.07. The highest BCUT2D eigenvalue weighted by Crippen LogP contribution is 2.32. The molecule has 9 heteroatoms. The smallest absolute Gasteiger partial charge is 0.336 e. The van der Waals surface area contributed by atoms with Gasteiger partial charge in [0, 0.05) is 29.5 Å². The molecule has 0 aliphatic rings. The number of hydrogen-bond donors (Lipinski definition) is 4. The van der Waals surface area contributed by atoms with Crippen molar-refractivity contribution >= 4 is 23.3 Å². The lowest BCUT2D eigenvalue weighted by Gasteiger charge is -2.13. The van der Waals surface area contributed by atoms with Crippen molar-refractivity contribution in [1.29, 1.82) is 0 Å². The topological polar surface area (TPSA) is 96.2 Å². The average molecular weight is 394 g/mol. The maximum absolute atomic E-state index is 13.0. The summed E-state index contributed by atoms with van der Waals surface area (Å²) in [4.78, 5) is 24.2. The average Bonchev–Trinajstić information content (AvgIpc) is 2.60. The number of benzene rings is 2. The summed E-state index contributed by atoms with van der Waals surface area (Å²) in [5, 5.41) is 7.66. The molecular formula is C19H21F3N4O2. The van der Waals surface area contributed by atoms with Gasteiger partial charge in [-0.15, -0.1) is 0 Å². The normalized spacial score (nSPS) is 11.2. The molecule has 0 heterocycles. The van der Waals surface area contributed by atoms with Crippen molar-refractivity contribution in [2.24, 2.45) is 5.73 Å². The Morgan fingerprint density at radius 2 is 1.75 bits per heavy atom. The maximum atomic E-state index is 13.0. The van der Waals surface area contributed by atoms with Gasteiger partial charge in [-0.25, -0.2) is 4.79 Å². The van der Waals surface area contributed by atoms with Crippen LogP contribution in [0.5, 0.6) is 0 Å². The van der Waals surface area contributed by atoms with E-state index in [0.29, 0.717) is 5.69 Å². The standard InChI is InChI=1S/C19H21F3N4O2/c1-11(2)24-18(28)26-15-5-3-4-13(8-15)17(27)25-16-7-12(10-23)6-14(9-16)19(20,21)22/h3-9,11H,10,23H2,1-2H3,(H,25,27)(H2,24,26,28). The monoisotopic (exact) mass is 394 g/mol.